The molecule has 0 saturated heterocycles. The van der Waals surface area contributed by atoms with Crippen molar-refractivity contribution in [2.24, 2.45) is 21.5 Å². The number of benzene rings is 1. The number of rotatable bonds is 1. The molecule has 2 heterocycles. The molecule has 1 aromatic carbocycles. The van der Waals surface area contributed by atoms with Gasteiger partial charge in [0.2, 0.25) is 11.9 Å². The third kappa shape index (κ3) is 2.36. The second-order valence-corrected chi connectivity index (χ2v) is 6.54. The van der Waals surface area contributed by atoms with Crippen LogP contribution in [0.2, 0.25) is 5.15 Å². The lowest BCUT2D eigenvalue weighted by molar-refractivity contribution is 0.305. The van der Waals surface area contributed by atoms with E-state index >= 15 is 0 Å². The van der Waals surface area contributed by atoms with E-state index in [1.807, 2.05) is 23.1 Å². The fourth-order valence-corrected chi connectivity index (χ4v) is 3.84. The van der Waals surface area contributed by atoms with Gasteiger partial charge in [0, 0.05) is 11.1 Å². The molecular weight excluding hydrogens is 326 g/mol. The molecule has 1 saturated carbocycles. The molecule has 0 unspecified atom stereocenters. The summed E-state index contributed by atoms with van der Waals surface area (Å²) in [4.78, 5) is 19.1. The fourth-order valence-electron chi connectivity index (χ4n) is 3.65. The van der Waals surface area contributed by atoms with Gasteiger partial charge in [-0.3, -0.25) is 4.90 Å². The van der Waals surface area contributed by atoms with Crippen LogP contribution >= 0.6 is 11.6 Å². The molecule has 4 rings (SSSR count). The summed E-state index contributed by atoms with van der Waals surface area (Å²) in [7, 11) is 0. The van der Waals surface area contributed by atoms with Gasteiger partial charge in [-0.25, -0.2) is 15.0 Å². The second-order valence-electron chi connectivity index (χ2n) is 6.18. The molecular formula is C16H18ClN7. The molecule has 1 fully saturated rings. The predicted molar refractivity (Wildman–Crippen MR) is 96.1 cm³/mol. The van der Waals surface area contributed by atoms with Crippen molar-refractivity contribution in [1.82, 2.24) is 9.97 Å². The first-order valence-corrected chi connectivity index (χ1v) is 8.37. The minimum atomic E-state index is -0.468. The summed E-state index contributed by atoms with van der Waals surface area (Å²) < 4.78 is 0. The number of hydrogen-bond acceptors (Lipinski definition) is 7. The average molecular weight is 344 g/mol. The van der Waals surface area contributed by atoms with Crippen molar-refractivity contribution in [2.75, 3.05) is 4.90 Å². The normalized spacial score (nSPS) is 20.1. The molecule has 7 nitrogen and oxygen atoms in total. The number of hydrogen-bond donors (Lipinski definition) is 2. The number of anilines is 1. The third-order valence-corrected chi connectivity index (χ3v) is 4.98. The molecule has 1 spiro atoms. The Morgan fingerprint density at radius 3 is 2.67 bits per heavy atom. The topological polar surface area (TPSA) is 106 Å². The largest absolute Gasteiger partial charge is 0.369 e. The van der Waals surface area contributed by atoms with Gasteiger partial charge in [-0.15, -0.1) is 0 Å². The van der Waals surface area contributed by atoms with E-state index in [-0.39, 0.29) is 5.96 Å². The Bertz CT molecular complexity index is 855. The molecule has 24 heavy (non-hydrogen) atoms. The maximum Gasteiger partial charge on any atom is 0.220 e. The van der Waals surface area contributed by atoms with Crippen LogP contribution in [0.15, 0.2) is 34.5 Å². The molecule has 124 valence electrons. The monoisotopic (exact) mass is 343 g/mol. The van der Waals surface area contributed by atoms with E-state index in [1.165, 1.54) is 12.7 Å². The average Bonchev–Trinajstić information content (AvgIpc) is 2.55. The third-order valence-electron chi connectivity index (χ3n) is 4.68. The maximum absolute atomic E-state index is 6.24. The molecule has 0 radical (unpaired) electrons. The van der Waals surface area contributed by atoms with E-state index in [1.54, 1.807) is 0 Å². The van der Waals surface area contributed by atoms with E-state index in [9.17, 15) is 0 Å². The molecule has 0 bridgehead atoms. The maximum atomic E-state index is 6.24. The van der Waals surface area contributed by atoms with E-state index in [0.29, 0.717) is 11.1 Å². The Hall–Kier alpha value is -2.41. The smallest absolute Gasteiger partial charge is 0.220 e. The first kappa shape index (κ1) is 15.1. The number of aliphatic imine (C=N–C) groups is 2. The zero-order valence-corrected chi connectivity index (χ0v) is 13.9. The van der Waals surface area contributed by atoms with Crippen molar-refractivity contribution in [3.05, 3.63) is 29.7 Å². The predicted octanol–water partition coefficient (Wildman–Crippen LogP) is 2.39. The molecule has 2 aromatic rings. The van der Waals surface area contributed by atoms with E-state index < -0.39 is 5.66 Å². The summed E-state index contributed by atoms with van der Waals surface area (Å²) in [5.41, 5.74) is 13.3. The molecule has 1 aliphatic carbocycles. The van der Waals surface area contributed by atoms with Crippen LogP contribution < -0.4 is 16.4 Å². The summed E-state index contributed by atoms with van der Waals surface area (Å²) in [5.74, 6) is 0.601. The highest BCUT2D eigenvalue weighted by Gasteiger charge is 2.42. The van der Waals surface area contributed by atoms with Crippen molar-refractivity contribution < 1.29 is 0 Å². The van der Waals surface area contributed by atoms with Gasteiger partial charge in [0.1, 0.15) is 17.1 Å². The van der Waals surface area contributed by atoms with Crippen LogP contribution in [-0.4, -0.2) is 27.5 Å². The van der Waals surface area contributed by atoms with Gasteiger partial charge in [0.05, 0.1) is 5.52 Å². The SMILES string of the molecule is NC1=NC2(CCCCC2)N(c2ccc3ncnc(Cl)c3c2)C(N)=N1. The molecule has 0 amide bonds. The zero-order chi connectivity index (χ0) is 16.7. The van der Waals surface area contributed by atoms with Gasteiger partial charge in [-0.05, 0) is 43.9 Å². The standard InChI is InChI=1S/C16H18ClN7/c17-13-11-8-10(4-5-12(11)20-9-21-13)24-15(19)22-14(18)23-16(24)6-2-1-3-7-16/h4-5,8-9H,1-3,6-7H2,(H4,18,19,22,23). The summed E-state index contributed by atoms with van der Waals surface area (Å²) >= 11 is 6.23. The van der Waals surface area contributed by atoms with Gasteiger partial charge in [-0.1, -0.05) is 18.0 Å². The summed E-state index contributed by atoms with van der Waals surface area (Å²) in [6, 6.07) is 5.80. The number of guanidine groups is 2. The molecule has 1 aliphatic heterocycles. The lowest BCUT2D eigenvalue weighted by atomic mass is 9.87. The molecule has 8 heteroatoms. The number of halogens is 1. The summed E-state index contributed by atoms with van der Waals surface area (Å²) in [6.07, 6.45) is 6.59. The molecule has 4 N–H and O–H groups in total. The lowest BCUT2D eigenvalue weighted by Gasteiger charge is -2.45. The van der Waals surface area contributed by atoms with Crippen LogP contribution in [0, 0.1) is 0 Å². The lowest BCUT2D eigenvalue weighted by Crippen LogP contribution is -2.58. The minimum absolute atomic E-state index is 0.243. The molecule has 0 atom stereocenters. The minimum Gasteiger partial charge on any atom is -0.369 e. The van der Waals surface area contributed by atoms with Gasteiger partial charge in [0.15, 0.2) is 0 Å². The highest BCUT2D eigenvalue weighted by atomic mass is 35.5. The van der Waals surface area contributed by atoms with Crippen molar-refractivity contribution in [3.63, 3.8) is 0 Å². The van der Waals surface area contributed by atoms with Crippen molar-refractivity contribution in [1.29, 1.82) is 0 Å². The zero-order valence-electron chi connectivity index (χ0n) is 13.1. The number of fused-ring (bicyclic) bond motifs is 1. The second kappa shape index (κ2) is 5.59. The number of aromatic nitrogens is 2. The first-order chi connectivity index (χ1) is 11.6. The van der Waals surface area contributed by atoms with Gasteiger partial charge >= 0.3 is 0 Å². The molecule has 1 aromatic heterocycles. The Balaban J connectivity index is 1.86. The van der Waals surface area contributed by atoms with E-state index in [2.05, 4.69) is 20.0 Å². The Kier molecular flexibility index (Phi) is 3.53. The van der Waals surface area contributed by atoms with Crippen molar-refractivity contribution in [2.45, 2.75) is 37.8 Å². The first-order valence-electron chi connectivity index (χ1n) is 7.99. The van der Waals surface area contributed by atoms with Crippen LogP contribution in [0.3, 0.4) is 0 Å². The van der Waals surface area contributed by atoms with Gasteiger partial charge in [0.25, 0.3) is 0 Å². The Morgan fingerprint density at radius 2 is 1.88 bits per heavy atom. The van der Waals surface area contributed by atoms with Crippen LogP contribution in [-0.2, 0) is 0 Å². The Labute approximate surface area is 144 Å². The highest BCUT2D eigenvalue weighted by molar-refractivity contribution is 6.34. The van der Waals surface area contributed by atoms with Crippen LogP contribution in [0.25, 0.3) is 10.9 Å². The van der Waals surface area contributed by atoms with E-state index in [0.717, 1.165) is 42.3 Å². The quantitative estimate of drug-likeness (QED) is 0.773. The Morgan fingerprint density at radius 1 is 1.08 bits per heavy atom. The number of nitrogens with zero attached hydrogens (tertiary/aromatic N) is 5. The molecule has 2 aliphatic rings. The van der Waals surface area contributed by atoms with Crippen molar-refractivity contribution in [3.8, 4) is 0 Å². The van der Waals surface area contributed by atoms with Crippen LogP contribution in [0.5, 0.6) is 0 Å². The van der Waals surface area contributed by atoms with Crippen LogP contribution in [0.4, 0.5) is 5.69 Å². The van der Waals surface area contributed by atoms with Gasteiger partial charge in [-0.2, -0.15) is 4.99 Å². The van der Waals surface area contributed by atoms with Crippen LogP contribution in [0.1, 0.15) is 32.1 Å². The summed E-state index contributed by atoms with van der Waals surface area (Å²) in [6.45, 7) is 0. The highest BCUT2D eigenvalue weighted by Crippen LogP contribution is 2.40. The van der Waals surface area contributed by atoms with E-state index in [4.69, 9.17) is 23.1 Å². The fraction of sp³-hybridized carbons (Fsp3) is 0.375. The van der Waals surface area contributed by atoms with Crippen molar-refractivity contribution >= 4 is 40.1 Å². The summed E-state index contributed by atoms with van der Waals surface area (Å²) in [5, 5.41) is 1.19. The number of nitrogens with two attached hydrogens (primary N) is 2. The van der Waals surface area contributed by atoms with Gasteiger partial charge < -0.3 is 11.5 Å².